The molecule has 1 N–H and O–H groups in total. The summed E-state index contributed by atoms with van der Waals surface area (Å²) < 4.78 is 27.2. The number of aromatic amines is 1. The van der Waals surface area contributed by atoms with Crippen LogP contribution in [0.5, 0.6) is 0 Å². The second-order valence-electron chi connectivity index (χ2n) is 5.78. The quantitative estimate of drug-likeness (QED) is 0.908. The van der Waals surface area contributed by atoms with Crippen LogP contribution in [0, 0.1) is 25.2 Å². The van der Waals surface area contributed by atoms with E-state index in [0.29, 0.717) is 43.1 Å². The van der Waals surface area contributed by atoms with Crippen molar-refractivity contribution in [3.8, 4) is 6.07 Å². The molecule has 0 unspecified atom stereocenters. The molecular weight excluding hydrogens is 326 g/mol. The summed E-state index contributed by atoms with van der Waals surface area (Å²) in [6.07, 6.45) is 0. The summed E-state index contributed by atoms with van der Waals surface area (Å²) in [5.41, 5.74) is 2.51. The molecule has 0 saturated carbocycles. The van der Waals surface area contributed by atoms with Crippen molar-refractivity contribution in [3.05, 3.63) is 41.2 Å². The summed E-state index contributed by atoms with van der Waals surface area (Å²) in [4.78, 5) is 2.33. The molecule has 1 aliphatic heterocycles. The number of hydrogen-bond donors (Lipinski definition) is 1. The molecule has 0 amide bonds. The summed E-state index contributed by atoms with van der Waals surface area (Å²) in [7, 11) is -3.55. The maximum absolute atomic E-state index is 12.9. The van der Waals surface area contributed by atoms with Crippen molar-refractivity contribution in [1.29, 1.82) is 5.26 Å². The second kappa shape index (κ2) is 6.26. The monoisotopic (exact) mass is 345 g/mol. The van der Waals surface area contributed by atoms with Gasteiger partial charge in [0.1, 0.15) is 11.0 Å². The Balaban J connectivity index is 1.79. The van der Waals surface area contributed by atoms with E-state index in [9.17, 15) is 13.7 Å². The van der Waals surface area contributed by atoms with E-state index in [4.69, 9.17) is 0 Å². The Hall–Kier alpha value is -2.37. The highest BCUT2D eigenvalue weighted by Gasteiger charge is 2.32. The van der Waals surface area contributed by atoms with Crippen molar-refractivity contribution < 1.29 is 8.42 Å². The third kappa shape index (κ3) is 2.77. The molecule has 2 aromatic rings. The summed E-state index contributed by atoms with van der Waals surface area (Å²) in [5, 5.41) is 15.9. The van der Waals surface area contributed by atoms with Crippen LogP contribution in [0.2, 0.25) is 0 Å². The van der Waals surface area contributed by atoms with Gasteiger partial charge in [0.2, 0.25) is 10.0 Å². The topological polar surface area (TPSA) is 93.1 Å². The number of piperazine rings is 1. The van der Waals surface area contributed by atoms with Crippen molar-refractivity contribution in [2.45, 2.75) is 18.7 Å². The minimum Gasteiger partial charge on any atom is -0.368 e. The normalized spacial score (nSPS) is 16.1. The van der Waals surface area contributed by atoms with Crippen LogP contribution in [0.25, 0.3) is 0 Å². The molecule has 7 nitrogen and oxygen atoms in total. The summed E-state index contributed by atoms with van der Waals surface area (Å²) >= 11 is 0. The second-order valence-corrected chi connectivity index (χ2v) is 7.66. The van der Waals surface area contributed by atoms with Gasteiger partial charge in [0, 0.05) is 26.2 Å². The molecule has 1 saturated heterocycles. The van der Waals surface area contributed by atoms with Crippen LogP contribution in [0.15, 0.2) is 29.2 Å². The Labute approximate surface area is 141 Å². The fraction of sp³-hybridized carbons (Fsp3) is 0.375. The van der Waals surface area contributed by atoms with Gasteiger partial charge in [-0.05, 0) is 26.0 Å². The van der Waals surface area contributed by atoms with E-state index in [-0.39, 0.29) is 4.90 Å². The van der Waals surface area contributed by atoms with Crippen LogP contribution >= 0.6 is 0 Å². The molecule has 3 rings (SSSR count). The average molecular weight is 345 g/mol. The number of nitriles is 1. The van der Waals surface area contributed by atoms with Crippen molar-refractivity contribution >= 4 is 15.7 Å². The number of H-pyrrole nitrogens is 1. The third-order valence-corrected chi connectivity index (χ3v) is 6.42. The van der Waals surface area contributed by atoms with Gasteiger partial charge in [0.25, 0.3) is 0 Å². The fourth-order valence-electron chi connectivity index (χ4n) is 3.06. The van der Waals surface area contributed by atoms with Gasteiger partial charge in [0.15, 0.2) is 0 Å². The van der Waals surface area contributed by atoms with Gasteiger partial charge in [-0.1, -0.05) is 12.1 Å². The van der Waals surface area contributed by atoms with Gasteiger partial charge < -0.3 is 4.90 Å². The van der Waals surface area contributed by atoms with E-state index in [1.807, 2.05) is 18.2 Å². The molecule has 1 fully saturated rings. The number of rotatable bonds is 3. The molecule has 1 aromatic carbocycles. The smallest absolute Gasteiger partial charge is 0.246 e. The molecule has 8 heteroatoms. The van der Waals surface area contributed by atoms with Crippen LogP contribution < -0.4 is 4.90 Å². The maximum atomic E-state index is 12.9. The van der Waals surface area contributed by atoms with Crippen molar-refractivity contribution in [3.63, 3.8) is 0 Å². The number of hydrogen-bond acceptors (Lipinski definition) is 5. The minimum absolute atomic E-state index is 0.272. The Kier molecular flexibility index (Phi) is 4.30. The van der Waals surface area contributed by atoms with Crippen molar-refractivity contribution in [2.24, 2.45) is 0 Å². The highest BCUT2D eigenvalue weighted by atomic mass is 32.2. The number of benzene rings is 1. The van der Waals surface area contributed by atoms with Crippen LogP contribution in [-0.2, 0) is 10.0 Å². The van der Waals surface area contributed by atoms with E-state index in [0.717, 1.165) is 5.69 Å². The number of aromatic nitrogens is 2. The molecule has 0 spiro atoms. The first kappa shape index (κ1) is 16.5. The molecule has 0 aliphatic carbocycles. The van der Waals surface area contributed by atoms with Crippen LogP contribution in [0.3, 0.4) is 0 Å². The van der Waals surface area contributed by atoms with Gasteiger partial charge in [-0.3, -0.25) is 5.10 Å². The lowest BCUT2D eigenvalue weighted by Crippen LogP contribution is -2.49. The molecule has 2 heterocycles. The van der Waals surface area contributed by atoms with E-state index < -0.39 is 10.0 Å². The predicted molar refractivity (Wildman–Crippen MR) is 90.2 cm³/mol. The van der Waals surface area contributed by atoms with E-state index in [1.54, 1.807) is 19.9 Å². The average Bonchev–Trinajstić information content (AvgIpc) is 2.94. The standard InChI is InChI=1S/C16H19N5O2S/c1-12-16(13(2)19-18-12)24(22,23)21-9-7-20(8-10-21)15-6-4-3-5-14(15)11-17/h3-6H,7-10H2,1-2H3,(H,18,19). The van der Waals surface area contributed by atoms with Gasteiger partial charge in [0.05, 0.1) is 22.6 Å². The van der Waals surface area contributed by atoms with Gasteiger partial charge in [-0.25, -0.2) is 8.42 Å². The fourth-order valence-corrected chi connectivity index (χ4v) is 4.82. The maximum Gasteiger partial charge on any atom is 0.246 e. The minimum atomic E-state index is -3.55. The highest BCUT2D eigenvalue weighted by molar-refractivity contribution is 7.89. The number of aryl methyl sites for hydroxylation is 2. The Morgan fingerprint density at radius 3 is 2.42 bits per heavy atom. The number of anilines is 1. The first-order chi connectivity index (χ1) is 11.4. The number of sulfonamides is 1. The lowest BCUT2D eigenvalue weighted by atomic mass is 10.1. The molecule has 1 aromatic heterocycles. The molecule has 1 aliphatic rings. The van der Waals surface area contributed by atoms with E-state index >= 15 is 0 Å². The Morgan fingerprint density at radius 1 is 1.17 bits per heavy atom. The molecule has 0 bridgehead atoms. The van der Waals surface area contributed by atoms with Gasteiger partial charge in [-0.2, -0.15) is 14.7 Å². The molecule has 24 heavy (non-hydrogen) atoms. The van der Waals surface area contributed by atoms with Crippen LogP contribution in [0.4, 0.5) is 5.69 Å². The van der Waals surface area contributed by atoms with Gasteiger partial charge in [-0.15, -0.1) is 0 Å². The first-order valence-corrected chi connectivity index (χ1v) is 9.15. The van der Waals surface area contributed by atoms with Crippen molar-refractivity contribution in [1.82, 2.24) is 14.5 Å². The third-order valence-electron chi connectivity index (χ3n) is 4.26. The Bertz CT molecular complexity index is 870. The largest absolute Gasteiger partial charge is 0.368 e. The number of para-hydroxylation sites is 1. The zero-order valence-electron chi connectivity index (χ0n) is 13.7. The number of nitrogens with one attached hydrogen (secondary N) is 1. The summed E-state index contributed by atoms with van der Waals surface area (Å²) in [6, 6.07) is 9.57. The Morgan fingerprint density at radius 2 is 1.83 bits per heavy atom. The van der Waals surface area contributed by atoms with Gasteiger partial charge >= 0.3 is 0 Å². The number of nitrogens with zero attached hydrogens (tertiary/aromatic N) is 4. The molecule has 126 valence electrons. The molecular formula is C16H19N5O2S. The zero-order valence-corrected chi connectivity index (χ0v) is 14.5. The zero-order chi connectivity index (χ0) is 17.3. The molecule has 0 radical (unpaired) electrons. The van der Waals surface area contributed by atoms with Crippen LogP contribution in [-0.4, -0.2) is 49.1 Å². The van der Waals surface area contributed by atoms with Crippen molar-refractivity contribution in [2.75, 3.05) is 31.1 Å². The van der Waals surface area contributed by atoms with E-state index in [2.05, 4.69) is 21.2 Å². The first-order valence-electron chi connectivity index (χ1n) is 7.71. The molecule has 0 atom stereocenters. The summed E-state index contributed by atoms with van der Waals surface area (Å²) in [5.74, 6) is 0. The lowest BCUT2D eigenvalue weighted by molar-refractivity contribution is 0.384. The van der Waals surface area contributed by atoms with Crippen LogP contribution in [0.1, 0.15) is 17.0 Å². The highest BCUT2D eigenvalue weighted by Crippen LogP contribution is 2.25. The predicted octanol–water partition coefficient (Wildman–Crippen LogP) is 1.41. The SMILES string of the molecule is Cc1n[nH]c(C)c1S(=O)(=O)N1CCN(c2ccccc2C#N)CC1. The van der Waals surface area contributed by atoms with E-state index in [1.165, 1.54) is 4.31 Å². The summed E-state index contributed by atoms with van der Waals surface area (Å²) in [6.45, 7) is 5.27. The lowest BCUT2D eigenvalue weighted by Gasteiger charge is -2.35.